The summed E-state index contributed by atoms with van der Waals surface area (Å²) in [5.74, 6) is 0.850. The Bertz CT molecular complexity index is 371. The molecule has 0 fully saturated rings. The van der Waals surface area contributed by atoms with Crippen LogP contribution in [0.1, 0.15) is 19.4 Å². The Kier molecular flexibility index (Phi) is 4.37. The molecule has 0 spiro atoms. The Morgan fingerprint density at radius 3 is 2.47 bits per heavy atom. The molecular weight excluding hydrogens is 218 g/mol. The van der Waals surface area contributed by atoms with Gasteiger partial charge in [-0.2, -0.15) is 0 Å². The van der Waals surface area contributed by atoms with Crippen LogP contribution in [0.15, 0.2) is 18.2 Å². The van der Waals surface area contributed by atoms with Gasteiger partial charge in [0.25, 0.3) is 0 Å². The Morgan fingerprint density at radius 2 is 2.00 bits per heavy atom. The van der Waals surface area contributed by atoms with Crippen molar-refractivity contribution in [3.05, 3.63) is 23.8 Å². The van der Waals surface area contributed by atoms with Crippen LogP contribution in [-0.2, 0) is 6.54 Å². The van der Waals surface area contributed by atoms with Crippen LogP contribution in [0, 0.1) is 0 Å². The lowest BCUT2D eigenvalue weighted by Gasteiger charge is -2.25. The third-order valence-corrected chi connectivity index (χ3v) is 2.39. The standard InChI is InChI=1S/C13H21NO3/c1-13(2,16)9-14(3)8-10-5-6-11(17-4)7-12(10)15/h5-7,15-16H,8-9H2,1-4H3. The first kappa shape index (κ1) is 13.8. The van der Waals surface area contributed by atoms with E-state index in [0.717, 1.165) is 5.56 Å². The van der Waals surface area contributed by atoms with Crippen LogP contribution < -0.4 is 4.74 Å². The zero-order valence-corrected chi connectivity index (χ0v) is 10.9. The van der Waals surface area contributed by atoms with E-state index in [9.17, 15) is 10.2 Å². The first-order chi connectivity index (χ1) is 7.81. The van der Waals surface area contributed by atoms with Crippen molar-refractivity contribution in [2.75, 3.05) is 20.7 Å². The van der Waals surface area contributed by atoms with Crippen LogP contribution in [0.3, 0.4) is 0 Å². The van der Waals surface area contributed by atoms with Crippen molar-refractivity contribution in [2.45, 2.75) is 26.0 Å². The summed E-state index contributed by atoms with van der Waals surface area (Å²) in [6.45, 7) is 4.65. The molecule has 4 heteroatoms. The van der Waals surface area contributed by atoms with Gasteiger partial charge < -0.3 is 14.9 Å². The summed E-state index contributed by atoms with van der Waals surface area (Å²) >= 11 is 0. The lowest BCUT2D eigenvalue weighted by molar-refractivity contribution is 0.0422. The van der Waals surface area contributed by atoms with Gasteiger partial charge in [0.05, 0.1) is 12.7 Å². The molecule has 0 aliphatic heterocycles. The van der Waals surface area contributed by atoms with Crippen molar-refractivity contribution in [2.24, 2.45) is 0 Å². The van der Waals surface area contributed by atoms with E-state index < -0.39 is 5.60 Å². The fraction of sp³-hybridized carbons (Fsp3) is 0.538. The van der Waals surface area contributed by atoms with Crippen LogP contribution >= 0.6 is 0 Å². The summed E-state index contributed by atoms with van der Waals surface area (Å²) in [6, 6.07) is 5.23. The van der Waals surface area contributed by atoms with Crippen LogP contribution in [0.4, 0.5) is 0 Å². The molecule has 1 aromatic rings. The third kappa shape index (κ3) is 4.63. The van der Waals surface area contributed by atoms with Gasteiger partial charge >= 0.3 is 0 Å². The van der Waals surface area contributed by atoms with E-state index in [1.165, 1.54) is 0 Å². The highest BCUT2D eigenvalue weighted by Crippen LogP contribution is 2.24. The predicted octanol–water partition coefficient (Wildman–Crippen LogP) is 1.60. The summed E-state index contributed by atoms with van der Waals surface area (Å²) in [5.41, 5.74) is 0.0779. The molecule has 0 heterocycles. The molecule has 1 aromatic carbocycles. The molecule has 2 N–H and O–H groups in total. The minimum Gasteiger partial charge on any atom is -0.507 e. The molecule has 0 aliphatic carbocycles. The zero-order valence-electron chi connectivity index (χ0n) is 10.9. The molecule has 1 rings (SSSR count). The molecule has 4 nitrogen and oxygen atoms in total. The SMILES string of the molecule is COc1ccc(CN(C)CC(C)(C)O)c(O)c1. The molecule has 0 saturated heterocycles. The number of phenols is 1. The first-order valence-electron chi connectivity index (χ1n) is 5.58. The quantitative estimate of drug-likeness (QED) is 0.819. The van der Waals surface area contributed by atoms with E-state index >= 15 is 0 Å². The zero-order chi connectivity index (χ0) is 13.1. The second-order valence-corrected chi connectivity index (χ2v) is 4.98. The minimum absolute atomic E-state index is 0.215. The Balaban J connectivity index is 2.68. The molecule has 17 heavy (non-hydrogen) atoms. The largest absolute Gasteiger partial charge is 0.507 e. The van der Waals surface area contributed by atoms with Crippen LogP contribution in [0.2, 0.25) is 0 Å². The van der Waals surface area contributed by atoms with E-state index in [2.05, 4.69) is 0 Å². The molecule has 96 valence electrons. The highest BCUT2D eigenvalue weighted by Gasteiger charge is 2.16. The molecule has 0 saturated carbocycles. The summed E-state index contributed by atoms with van der Waals surface area (Å²) in [6.07, 6.45) is 0. The van der Waals surface area contributed by atoms with Gasteiger partial charge in [-0.05, 0) is 27.0 Å². The maximum atomic E-state index is 9.80. The highest BCUT2D eigenvalue weighted by atomic mass is 16.5. The van der Waals surface area contributed by atoms with Crippen molar-refractivity contribution < 1.29 is 14.9 Å². The number of methoxy groups -OCH3 is 1. The second kappa shape index (κ2) is 5.38. The number of ether oxygens (including phenoxy) is 1. The number of aliphatic hydroxyl groups is 1. The number of likely N-dealkylation sites (N-methyl/N-ethyl adjacent to an activating group) is 1. The third-order valence-electron chi connectivity index (χ3n) is 2.39. The van der Waals surface area contributed by atoms with Crippen molar-refractivity contribution in [1.82, 2.24) is 4.90 Å². The summed E-state index contributed by atoms with van der Waals surface area (Å²) in [7, 11) is 3.47. The number of rotatable bonds is 5. The molecule has 0 radical (unpaired) electrons. The molecule has 0 bridgehead atoms. The Hall–Kier alpha value is -1.26. The van der Waals surface area contributed by atoms with Crippen LogP contribution in [0.25, 0.3) is 0 Å². The maximum Gasteiger partial charge on any atom is 0.123 e. The monoisotopic (exact) mass is 239 g/mol. The van der Waals surface area contributed by atoms with Crippen LogP contribution in [-0.4, -0.2) is 41.4 Å². The summed E-state index contributed by atoms with van der Waals surface area (Å²) < 4.78 is 5.02. The molecule has 0 atom stereocenters. The topological polar surface area (TPSA) is 52.9 Å². The average Bonchev–Trinajstić information content (AvgIpc) is 2.18. The Morgan fingerprint density at radius 1 is 1.35 bits per heavy atom. The second-order valence-electron chi connectivity index (χ2n) is 4.98. The van der Waals surface area contributed by atoms with Gasteiger partial charge in [0.2, 0.25) is 0 Å². The molecule has 0 aromatic heterocycles. The lowest BCUT2D eigenvalue weighted by atomic mass is 10.1. The summed E-state index contributed by atoms with van der Waals surface area (Å²) in [4.78, 5) is 1.96. The fourth-order valence-corrected chi connectivity index (χ4v) is 1.81. The van der Waals surface area contributed by atoms with Crippen molar-refractivity contribution in [1.29, 1.82) is 0 Å². The first-order valence-corrected chi connectivity index (χ1v) is 5.58. The predicted molar refractivity (Wildman–Crippen MR) is 67.3 cm³/mol. The van der Waals surface area contributed by atoms with Gasteiger partial charge in [0.1, 0.15) is 11.5 Å². The van der Waals surface area contributed by atoms with Gasteiger partial charge in [-0.15, -0.1) is 0 Å². The number of phenolic OH excluding ortho intramolecular Hbond substituents is 1. The van der Waals surface area contributed by atoms with E-state index in [1.54, 1.807) is 27.0 Å². The molecule has 0 aliphatic rings. The van der Waals surface area contributed by atoms with E-state index in [1.807, 2.05) is 24.1 Å². The normalized spacial score (nSPS) is 11.9. The van der Waals surface area contributed by atoms with Crippen molar-refractivity contribution >= 4 is 0 Å². The Labute approximate surface area is 102 Å². The van der Waals surface area contributed by atoms with E-state index in [-0.39, 0.29) is 5.75 Å². The lowest BCUT2D eigenvalue weighted by Crippen LogP contribution is -2.35. The van der Waals surface area contributed by atoms with Gasteiger partial charge in [-0.25, -0.2) is 0 Å². The van der Waals surface area contributed by atoms with Gasteiger partial charge in [0.15, 0.2) is 0 Å². The van der Waals surface area contributed by atoms with Crippen LogP contribution in [0.5, 0.6) is 11.5 Å². The van der Waals surface area contributed by atoms with Crippen molar-refractivity contribution in [3.63, 3.8) is 0 Å². The highest BCUT2D eigenvalue weighted by molar-refractivity contribution is 5.39. The smallest absolute Gasteiger partial charge is 0.123 e. The number of hydrogen-bond acceptors (Lipinski definition) is 4. The number of nitrogens with zero attached hydrogens (tertiary/aromatic N) is 1. The average molecular weight is 239 g/mol. The van der Waals surface area contributed by atoms with Gasteiger partial charge in [-0.3, -0.25) is 4.90 Å². The minimum atomic E-state index is -0.739. The number of aromatic hydroxyl groups is 1. The maximum absolute atomic E-state index is 9.80. The molecular formula is C13H21NO3. The molecule has 0 amide bonds. The van der Waals surface area contributed by atoms with Gasteiger partial charge in [0, 0.05) is 24.7 Å². The number of hydrogen-bond donors (Lipinski definition) is 2. The fourth-order valence-electron chi connectivity index (χ4n) is 1.81. The number of benzene rings is 1. The van der Waals surface area contributed by atoms with E-state index in [4.69, 9.17) is 4.74 Å². The van der Waals surface area contributed by atoms with Gasteiger partial charge in [-0.1, -0.05) is 6.07 Å². The van der Waals surface area contributed by atoms with Crippen molar-refractivity contribution in [3.8, 4) is 11.5 Å². The summed E-state index contributed by atoms with van der Waals surface area (Å²) in [5, 5.41) is 19.5. The van der Waals surface area contributed by atoms with E-state index in [0.29, 0.717) is 18.8 Å². The molecule has 0 unspecified atom stereocenters.